The average molecular weight is 277 g/mol. The van der Waals surface area contributed by atoms with Crippen molar-refractivity contribution < 1.29 is 9.90 Å². The van der Waals surface area contributed by atoms with E-state index < -0.39 is 0 Å². The maximum absolute atomic E-state index is 12.1. The van der Waals surface area contributed by atoms with Crippen molar-refractivity contribution in [1.29, 1.82) is 0 Å². The molecule has 0 aliphatic carbocycles. The molecular formula is C15H23N3O2. The Hall–Kier alpha value is -1.46. The third kappa shape index (κ3) is 3.77. The van der Waals surface area contributed by atoms with Gasteiger partial charge in [0.2, 0.25) is 0 Å². The van der Waals surface area contributed by atoms with E-state index in [9.17, 15) is 9.90 Å². The molecule has 1 amide bonds. The van der Waals surface area contributed by atoms with Crippen LogP contribution in [-0.2, 0) is 0 Å². The number of carbonyl (C=O) groups excluding carboxylic acids is 1. The third-order valence-corrected chi connectivity index (χ3v) is 3.60. The SMILES string of the molecule is CC(C)CN1CC(NC(=O)c2cccnc2)CC1CO. The molecule has 1 aromatic heterocycles. The zero-order chi connectivity index (χ0) is 14.5. The predicted molar refractivity (Wildman–Crippen MR) is 77.4 cm³/mol. The quantitative estimate of drug-likeness (QED) is 0.839. The second-order valence-corrected chi connectivity index (χ2v) is 5.83. The minimum Gasteiger partial charge on any atom is -0.395 e. The Morgan fingerprint density at radius 2 is 2.40 bits per heavy atom. The van der Waals surface area contributed by atoms with Crippen LogP contribution in [0.1, 0.15) is 30.6 Å². The van der Waals surface area contributed by atoms with E-state index >= 15 is 0 Å². The van der Waals surface area contributed by atoms with Gasteiger partial charge in [-0.05, 0) is 24.5 Å². The van der Waals surface area contributed by atoms with Crippen molar-refractivity contribution in [2.45, 2.75) is 32.4 Å². The van der Waals surface area contributed by atoms with E-state index in [2.05, 4.69) is 29.0 Å². The van der Waals surface area contributed by atoms with E-state index in [0.717, 1.165) is 19.5 Å². The topological polar surface area (TPSA) is 65.5 Å². The van der Waals surface area contributed by atoms with Gasteiger partial charge < -0.3 is 10.4 Å². The molecule has 5 nitrogen and oxygen atoms in total. The minimum atomic E-state index is -0.0915. The summed E-state index contributed by atoms with van der Waals surface area (Å²) in [6.07, 6.45) is 4.02. The zero-order valence-electron chi connectivity index (χ0n) is 12.1. The number of likely N-dealkylation sites (tertiary alicyclic amines) is 1. The number of nitrogens with one attached hydrogen (secondary N) is 1. The molecule has 1 aliphatic rings. The van der Waals surface area contributed by atoms with Gasteiger partial charge in [-0.3, -0.25) is 14.7 Å². The Balaban J connectivity index is 1.93. The van der Waals surface area contributed by atoms with Crippen LogP contribution in [0.15, 0.2) is 24.5 Å². The summed E-state index contributed by atoms with van der Waals surface area (Å²) in [4.78, 5) is 18.3. The lowest BCUT2D eigenvalue weighted by atomic mass is 10.1. The summed E-state index contributed by atoms with van der Waals surface area (Å²) in [7, 11) is 0. The lowest BCUT2D eigenvalue weighted by molar-refractivity contribution is 0.0937. The molecule has 5 heteroatoms. The highest BCUT2D eigenvalue weighted by Crippen LogP contribution is 2.19. The van der Waals surface area contributed by atoms with Crippen LogP contribution in [0.4, 0.5) is 0 Å². The second-order valence-electron chi connectivity index (χ2n) is 5.83. The number of carbonyl (C=O) groups is 1. The molecule has 2 rings (SSSR count). The average Bonchev–Trinajstić information content (AvgIpc) is 2.80. The molecule has 0 aromatic carbocycles. The van der Waals surface area contributed by atoms with Crippen molar-refractivity contribution in [2.75, 3.05) is 19.7 Å². The van der Waals surface area contributed by atoms with Crippen molar-refractivity contribution in [3.05, 3.63) is 30.1 Å². The van der Waals surface area contributed by atoms with Crippen molar-refractivity contribution >= 4 is 5.91 Å². The van der Waals surface area contributed by atoms with Gasteiger partial charge in [-0.15, -0.1) is 0 Å². The molecule has 1 aliphatic heterocycles. The fraction of sp³-hybridized carbons (Fsp3) is 0.600. The highest BCUT2D eigenvalue weighted by Gasteiger charge is 2.32. The molecule has 0 radical (unpaired) electrons. The van der Waals surface area contributed by atoms with Gasteiger partial charge in [0.1, 0.15) is 0 Å². The third-order valence-electron chi connectivity index (χ3n) is 3.60. The van der Waals surface area contributed by atoms with E-state index in [4.69, 9.17) is 0 Å². The molecule has 2 atom stereocenters. The van der Waals surface area contributed by atoms with Gasteiger partial charge in [0.05, 0.1) is 12.2 Å². The first-order chi connectivity index (χ1) is 9.60. The second kappa shape index (κ2) is 6.81. The number of pyridine rings is 1. The number of rotatable bonds is 5. The molecule has 2 N–H and O–H groups in total. The monoisotopic (exact) mass is 277 g/mol. The van der Waals surface area contributed by atoms with Crippen LogP contribution >= 0.6 is 0 Å². The highest BCUT2D eigenvalue weighted by molar-refractivity contribution is 5.94. The first kappa shape index (κ1) is 14.9. The molecule has 1 aromatic rings. The maximum Gasteiger partial charge on any atom is 0.253 e. The number of aliphatic hydroxyl groups is 1. The van der Waals surface area contributed by atoms with Gasteiger partial charge in [-0.1, -0.05) is 13.8 Å². The smallest absolute Gasteiger partial charge is 0.253 e. The lowest BCUT2D eigenvalue weighted by Gasteiger charge is -2.24. The van der Waals surface area contributed by atoms with Crippen LogP contribution in [-0.4, -0.2) is 52.7 Å². The summed E-state index contributed by atoms with van der Waals surface area (Å²) in [6, 6.07) is 3.76. The Labute approximate surface area is 120 Å². The molecule has 0 saturated carbocycles. The molecule has 0 bridgehead atoms. The first-order valence-electron chi connectivity index (χ1n) is 7.16. The number of aromatic nitrogens is 1. The Morgan fingerprint density at radius 3 is 3.00 bits per heavy atom. The molecule has 1 fully saturated rings. The van der Waals surface area contributed by atoms with Gasteiger partial charge >= 0.3 is 0 Å². The molecule has 110 valence electrons. The number of nitrogens with zero attached hydrogens (tertiary/aromatic N) is 2. The standard InChI is InChI=1S/C15H23N3O2/c1-11(2)8-18-9-13(6-14(18)10-19)17-15(20)12-4-3-5-16-7-12/h3-5,7,11,13-14,19H,6,8-10H2,1-2H3,(H,17,20). The number of hydrogen-bond donors (Lipinski definition) is 2. The molecule has 2 heterocycles. The predicted octanol–water partition coefficient (Wildman–Crippen LogP) is 0.903. The van der Waals surface area contributed by atoms with Crippen LogP contribution in [0, 0.1) is 5.92 Å². The van der Waals surface area contributed by atoms with Crippen LogP contribution in [0.25, 0.3) is 0 Å². The summed E-state index contributed by atoms with van der Waals surface area (Å²) in [5.41, 5.74) is 0.579. The number of aliphatic hydroxyl groups excluding tert-OH is 1. The fourth-order valence-electron chi connectivity index (χ4n) is 2.74. The molecule has 1 saturated heterocycles. The normalized spacial score (nSPS) is 23.2. The zero-order valence-corrected chi connectivity index (χ0v) is 12.1. The maximum atomic E-state index is 12.1. The Bertz CT molecular complexity index is 436. The molecular weight excluding hydrogens is 254 g/mol. The summed E-state index contributed by atoms with van der Waals surface area (Å²) in [5.74, 6) is 0.461. The fourth-order valence-corrected chi connectivity index (χ4v) is 2.74. The van der Waals surface area contributed by atoms with Crippen LogP contribution in [0.3, 0.4) is 0 Å². The van der Waals surface area contributed by atoms with Gasteiger partial charge in [0.25, 0.3) is 5.91 Å². The first-order valence-corrected chi connectivity index (χ1v) is 7.16. The summed E-state index contributed by atoms with van der Waals surface area (Å²) in [6.45, 7) is 6.22. The Kier molecular flexibility index (Phi) is 5.09. The number of hydrogen-bond acceptors (Lipinski definition) is 4. The van der Waals surface area contributed by atoms with Gasteiger partial charge in [-0.25, -0.2) is 0 Å². The Morgan fingerprint density at radius 1 is 1.60 bits per heavy atom. The van der Waals surface area contributed by atoms with Gasteiger partial charge in [0, 0.05) is 37.6 Å². The van der Waals surface area contributed by atoms with E-state index in [0.29, 0.717) is 11.5 Å². The van der Waals surface area contributed by atoms with Gasteiger partial charge in [0.15, 0.2) is 0 Å². The highest BCUT2D eigenvalue weighted by atomic mass is 16.3. The van der Waals surface area contributed by atoms with Gasteiger partial charge in [-0.2, -0.15) is 0 Å². The van der Waals surface area contributed by atoms with Crippen molar-refractivity contribution in [2.24, 2.45) is 5.92 Å². The van der Waals surface area contributed by atoms with E-state index in [1.54, 1.807) is 24.5 Å². The van der Waals surface area contributed by atoms with Crippen molar-refractivity contribution in [1.82, 2.24) is 15.2 Å². The summed E-state index contributed by atoms with van der Waals surface area (Å²) < 4.78 is 0. The lowest BCUT2D eigenvalue weighted by Crippen LogP contribution is -2.38. The van der Waals surface area contributed by atoms with Crippen LogP contribution < -0.4 is 5.32 Å². The summed E-state index contributed by atoms with van der Waals surface area (Å²) >= 11 is 0. The molecule has 20 heavy (non-hydrogen) atoms. The van der Waals surface area contributed by atoms with Crippen LogP contribution in [0.5, 0.6) is 0 Å². The van der Waals surface area contributed by atoms with Crippen molar-refractivity contribution in [3.8, 4) is 0 Å². The molecule has 0 spiro atoms. The largest absolute Gasteiger partial charge is 0.395 e. The number of amides is 1. The summed E-state index contributed by atoms with van der Waals surface area (Å²) in [5, 5.41) is 12.5. The van der Waals surface area contributed by atoms with E-state index in [-0.39, 0.29) is 24.6 Å². The van der Waals surface area contributed by atoms with E-state index in [1.807, 2.05) is 0 Å². The minimum absolute atomic E-state index is 0.0915. The van der Waals surface area contributed by atoms with E-state index in [1.165, 1.54) is 0 Å². The van der Waals surface area contributed by atoms with Crippen LogP contribution in [0.2, 0.25) is 0 Å². The molecule has 2 unspecified atom stereocenters. The van der Waals surface area contributed by atoms with Crippen molar-refractivity contribution in [3.63, 3.8) is 0 Å².